The van der Waals surface area contributed by atoms with Gasteiger partial charge >= 0.3 is 0 Å². The first-order valence-corrected chi connectivity index (χ1v) is 9.20. The molecule has 0 atom stereocenters. The smallest absolute Gasteiger partial charge is 0.259 e. The summed E-state index contributed by atoms with van der Waals surface area (Å²) in [5.74, 6) is -0.254. The van der Waals surface area contributed by atoms with Gasteiger partial charge in [-0.2, -0.15) is 5.10 Å². The summed E-state index contributed by atoms with van der Waals surface area (Å²) in [5.41, 5.74) is 4.94. The lowest BCUT2D eigenvalue weighted by Crippen LogP contribution is -2.22. The van der Waals surface area contributed by atoms with Gasteiger partial charge < -0.3 is 10.2 Å². The molecule has 3 aromatic rings. The molecule has 144 valence electrons. The van der Waals surface area contributed by atoms with Gasteiger partial charge in [0.25, 0.3) is 5.91 Å². The Labute approximate surface area is 164 Å². The standard InChI is InChI=1S/C22H24N4O2/c1-5-21-20(14-23-26(21)19-10-6-15(2)7-11-19)22(28)24-17-8-12-18(13-9-17)25(4)16(3)27/h6-14H,5H2,1-4H3,(H,24,28). The molecule has 0 saturated heterocycles. The van der Waals surface area contributed by atoms with Crippen LogP contribution in [-0.4, -0.2) is 28.6 Å². The number of nitrogens with zero attached hydrogens (tertiary/aromatic N) is 3. The second-order valence-electron chi connectivity index (χ2n) is 6.68. The number of benzene rings is 2. The minimum absolute atomic E-state index is 0.0482. The second kappa shape index (κ2) is 8.08. The van der Waals surface area contributed by atoms with Crippen LogP contribution in [0.4, 0.5) is 11.4 Å². The van der Waals surface area contributed by atoms with Crippen LogP contribution in [0.25, 0.3) is 5.69 Å². The van der Waals surface area contributed by atoms with Crippen LogP contribution >= 0.6 is 0 Å². The Hall–Kier alpha value is -3.41. The molecular formula is C22H24N4O2. The molecule has 0 fully saturated rings. The maximum atomic E-state index is 12.8. The molecule has 0 aliphatic rings. The van der Waals surface area contributed by atoms with Gasteiger partial charge in [-0.1, -0.05) is 24.6 Å². The van der Waals surface area contributed by atoms with Crippen molar-refractivity contribution in [3.05, 3.63) is 71.5 Å². The molecule has 0 saturated carbocycles. The molecule has 6 nitrogen and oxygen atoms in total. The van der Waals surface area contributed by atoms with Gasteiger partial charge in [-0.3, -0.25) is 9.59 Å². The van der Waals surface area contributed by atoms with E-state index in [0.717, 1.165) is 17.1 Å². The summed E-state index contributed by atoms with van der Waals surface area (Å²) in [6.45, 7) is 5.55. The number of nitrogens with one attached hydrogen (secondary N) is 1. The van der Waals surface area contributed by atoms with E-state index >= 15 is 0 Å². The normalized spacial score (nSPS) is 10.6. The average Bonchev–Trinajstić information content (AvgIpc) is 3.12. The summed E-state index contributed by atoms with van der Waals surface area (Å²) in [4.78, 5) is 25.8. The van der Waals surface area contributed by atoms with Crippen molar-refractivity contribution in [1.29, 1.82) is 0 Å². The summed E-state index contributed by atoms with van der Waals surface area (Å²) in [6, 6.07) is 15.2. The van der Waals surface area contributed by atoms with Crippen LogP contribution in [0, 0.1) is 6.92 Å². The number of carbonyl (C=O) groups excluding carboxylic acids is 2. The van der Waals surface area contributed by atoms with Crippen molar-refractivity contribution in [1.82, 2.24) is 9.78 Å². The SMILES string of the molecule is CCc1c(C(=O)Nc2ccc(N(C)C(C)=O)cc2)cnn1-c1ccc(C)cc1. The summed E-state index contributed by atoms with van der Waals surface area (Å²) in [7, 11) is 1.71. The number of rotatable bonds is 5. The van der Waals surface area contributed by atoms with Crippen LogP contribution in [0.3, 0.4) is 0 Å². The molecule has 1 aromatic heterocycles. The number of carbonyl (C=O) groups is 2. The van der Waals surface area contributed by atoms with Gasteiger partial charge in [0, 0.05) is 25.3 Å². The maximum Gasteiger partial charge on any atom is 0.259 e. The fraction of sp³-hybridized carbons (Fsp3) is 0.227. The molecule has 0 unspecified atom stereocenters. The first-order valence-electron chi connectivity index (χ1n) is 9.20. The van der Waals surface area contributed by atoms with E-state index in [9.17, 15) is 9.59 Å². The van der Waals surface area contributed by atoms with Crippen molar-refractivity contribution in [3.63, 3.8) is 0 Å². The molecular weight excluding hydrogens is 352 g/mol. The van der Waals surface area contributed by atoms with Crippen LogP contribution in [0.1, 0.15) is 35.5 Å². The Morgan fingerprint density at radius 2 is 1.71 bits per heavy atom. The van der Waals surface area contributed by atoms with Crippen molar-refractivity contribution in [2.75, 3.05) is 17.3 Å². The van der Waals surface area contributed by atoms with E-state index in [1.165, 1.54) is 12.5 Å². The second-order valence-corrected chi connectivity index (χ2v) is 6.68. The van der Waals surface area contributed by atoms with Gasteiger partial charge in [-0.15, -0.1) is 0 Å². The number of aromatic nitrogens is 2. The monoisotopic (exact) mass is 376 g/mol. The summed E-state index contributed by atoms with van der Waals surface area (Å²) in [6.07, 6.45) is 2.28. The molecule has 2 amide bonds. The minimum atomic E-state index is -0.206. The molecule has 3 rings (SSSR count). The summed E-state index contributed by atoms with van der Waals surface area (Å²) >= 11 is 0. The van der Waals surface area contributed by atoms with E-state index in [4.69, 9.17) is 0 Å². The Bertz CT molecular complexity index is 988. The highest BCUT2D eigenvalue weighted by atomic mass is 16.2. The first kappa shape index (κ1) is 19.4. The number of aryl methyl sites for hydroxylation is 1. The Morgan fingerprint density at radius 1 is 1.07 bits per heavy atom. The summed E-state index contributed by atoms with van der Waals surface area (Å²) < 4.78 is 1.80. The van der Waals surface area contributed by atoms with Crippen molar-refractivity contribution in [3.8, 4) is 5.69 Å². The topological polar surface area (TPSA) is 67.2 Å². The fourth-order valence-electron chi connectivity index (χ4n) is 2.96. The van der Waals surface area contributed by atoms with E-state index in [2.05, 4.69) is 10.4 Å². The Balaban J connectivity index is 1.81. The predicted molar refractivity (Wildman–Crippen MR) is 111 cm³/mol. The Kier molecular flexibility index (Phi) is 5.59. The predicted octanol–water partition coefficient (Wildman–Crippen LogP) is 3.98. The van der Waals surface area contributed by atoms with Crippen molar-refractivity contribution in [2.45, 2.75) is 27.2 Å². The molecule has 0 bridgehead atoms. The van der Waals surface area contributed by atoms with Crippen LogP contribution < -0.4 is 10.2 Å². The molecule has 1 heterocycles. The largest absolute Gasteiger partial charge is 0.322 e. The van der Waals surface area contributed by atoms with E-state index < -0.39 is 0 Å². The van der Waals surface area contributed by atoms with Crippen LogP contribution in [0.15, 0.2) is 54.7 Å². The molecule has 28 heavy (non-hydrogen) atoms. The zero-order chi connectivity index (χ0) is 20.3. The van der Waals surface area contributed by atoms with Crippen LogP contribution in [-0.2, 0) is 11.2 Å². The molecule has 0 aliphatic heterocycles. The number of amides is 2. The fourth-order valence-corrected chi connectivity index (χ4v) is 2.96. The maximum absolute atomic E-state index is 12.8. The van der Waals surface area contributed by atoms with Gasteiger partial charge in [0.15, 0.2) is 0 Å². The van der Waals surface area contributed by atoms with E-state index in [0.29, 0.717) is 17.7 Å². The van der Waals surface area contributed by atoms with Gasteiger partial charge in [0.05, 0.1) is 23.1 Å². The average molecular weight is 376 g/mol. The highest BCUT2D eigenvalue weighted by Gasteiger charge is 2.17. The van der Waals surface area contributed by atoms with Gasteiger partial charge in [-0.25, -0.2) is 4.68 Å². The Morgan fingerprint density at radius 3 is 2.29 bits per heavy atom. The van der Waals surface area contributed by atoms with Gasteiger partial charge in [0.2, 0.25) is 5.91 Å². The lowest BCUT2D eigenvalue weighted by atomic mass is 10.1. The number of anilines is 2. The molecule has 6 heteroatoms. The van der Waals surface area contributed by atoms with Gasteiger partial charge in [-0.05, 0) is 49.7 Å². The van der Waals surface area contributed by atoms with Gasteiger partial charge in [0.1, 0.15) is 0 Å². The third-order valence-corrected chi connectivity index (χ3v) is 4.71. The molecule has 0 spiro atoms. The molecule has 1 N–H and O–H groups in total. The first-order chi connectivity index (χ1) is 13.4. The van der Waals surface area contributed by atoms with Crippen molar-refractivity contribution >= 4 is 23.2 Å². The number of hydrogen-bond acceptors (Lipinski definition) is 3. The van der Waals surface area contributed by atoms with E-state index in [1.807, 2.05) is 38.1 Å². The van der Waals surface area contributed by atoms with Crippen LogP contribution in [0.2, 0.25) is 0 Å². The van der Waals surface area contributed by atoms with Crippen molar-refractivity contribution < 1.29 is 9.59 Å². The summed E-state index contributed by atoms with van der Waals surface area (Å²) in [5, 5.41) is 7.32. The quantitative estimate of drug-likeness (QED) is 0.732. The highest BCUT2D eigenvalue weighted by molar-refractivity contribution is 6.05. The number of hydrogen-bond donors (Lipinski definition) is 1. The van der Waals surface area contributed by atoms with Crippen molar-refractivity contribution in [2.24, 2.45) is 0 Å². The molecule has 0 radical (unpaired) electrons. The third-order valence-electron chi connectivity index (χ3n) is 4.71. The third kappa shape index (κ3) is 3.96. The van der Waals surface area contributed by atoms with Crippen LogP contribution in [0.5, 0.6) is 0 Å². The highest BCUT2D eigenvalue weighted by Crippen LogP contribution is 2.20. The lowest BCUT2D eigenvalue weighted by molar-refractivity contribution is -0.116. The molecule has 2 aromatic carbocycles. The zero-order valence-corrected chi connectivity index (χ0v) is 16.6. The zero-order valence-electron chi connectivity index (χ0n) is 16.6. The van der Waals surface area contributed by atoms with E-state index in [1.54, 1.807) is 47.1 Å². The molecule has 0 aliphatic carbocycles. The lowest BCUT2D eigenvalue weighted by Gasteiger charge is -2.15. The minimum Gasteiger partial charge on any atom is -0.322 e. The van der Waals surface area contributed by atoms with E-state index in [-0.39, 0.29) is 11.8 Å².